The maximum absolute atomic E-state index is 12.6. The molecule has 0 rings (SSSR count). The van der Waals surface area contributed by atoms with Gasteiger partial charge in [0.25, 0.3) is 0 Å². The van der Waals surface area contributed by atoms with Gasteiger partial charge in [-0.15, -0.1) is 6.42 Å². The van der Waals surface area contributed by atoms with E-state index in [1.165, 1.54) is 6.92 Å². The van der Waals surface area contributed by atoms with Crippen LogP contribution in [-0.4, -0.2) is 36.0 Å². The Morgan fingerprint density at radius 1 is 1.31 bits per heavy atom. The standard InChI is InChI=1S/C9H10F5NO/c1-3-5-15(6-4-2)7(16)8(10,11)9(12,13)14/h1H,4-6H2,2H3. The summed E-state index contributed by atoms with van der Waals surface area (Å²) in [6.07, 6.45) is -0.881. The fourth-order valence-corrected chi connectivity index (χ4v) is 0.952. The van der Waals surface area contributed by atoms with Crippen molar-refractivity contribution in [2.24, 2.45) is 0 Å². The Kier molecular flexibility index (Phi) is 4.72. The second kappa shape index (κ2) is 5.14. The first kappa shape index (κ1) is 14.7. The van der Waals surface area contributed by atoms with Crippen molar-refractivity contribution >= 4 is 5.91 Å². The molecule has 2 nitrogen and oxygen atoms in total. The highest BCUT2D eigenvalue weighted by molar-refractivity contribution is 5.84. The van der Waals surface area contributed by atoms with Gasteiger partial charge >= 0.3 is 18.0 Å². The third-order valence-corrected chi connectivity index (χ3v) is 1.69. The highest BCUT2D eigenvalue weighted by Gasteiger charge is 2.64. The van der Waals surface area contributed by atoms with Crippen LogP contribution in [0, 0.1) is 12.3 Å². The van der Waals surface area contributed by atoms with Crippen LogP contribution in [-0.2, 0) is 4.79 Å². The molecule has 0 aliphatic carbocycles. The number of alkyl halides is 5. The van der Waals surface area contributed by atoms with Gasteiger partial charge in [0.05, 0.1) is 6.54 Å². The van der Waals surface area contributed by atoms with Gasteiger partial charge in [-0.2, -0.15) is 22.0 Å². The summed E-state index contributed by atoms with van der Waals surface area (Å²) in [5, 5.41) is 0. The van der Waals surface area contributed by atoms with Gasteiger partial charge in [-0.05, 0) is 6.42 Å². The van der Waals surface area contributed by atoms with Crippen molar-refractivity contribution in [3.05, 3.63) is 0 Å². The Balaban J connectivity index is 4.94. The second-order valence-corrected chi connectivity index (χ2v) is 3.00. The smallest absolute Gasteiger partial charge is 0.326 e. The van der Waals surface area contributed by atoms with Gasteiger partial charge in [-0.1, -0.05) is 12.8 Å². The summed E-state index contributed by atoms with van der Waals surface area (Å²) >= 11 is 0. The van der Waals surface area contributed by atoms with Gasteiger partial charge in [-0.25, -0.2) is 0 Å². The highest BCUT2D eigenvalue weighted by atomic mass is 19.4. The summed E-state index contributed by atoms with van der Waals surface area (Å²) < 4.78 is 60.9. The zero-order chi connectivity index (χ0) is 13.0. The number of amides is 1. The van der Waals surface area contributed by atoms with Crippen LogP contribution in [0.2, 0.25) is 0 Å². The summed E-state index contributed by atoms with van der Waals surface area (Å²) in [4.78, 5) is 11.3. The fraction of sp³-hybridized carbons (Fsp3) is 0.667. The third kappa shape index (κ3) is 3.08. The van der Waals surface area contributed by atoms with E-state index in [1.54, 1.807) is 0 Å². The van der Waals surface area contributed by atoms with Crippen LogP contribution >= 0.6 is 0 Å². The molecule has 0 aromatic heterocycles. The minimum Gasteiger partial charge on any atom is -0.326 e. The molecule has 0 spiro atoms. The van der Waals surface area contributed by atoms with E-state index in [4.69, 9.17) is 6.42 Å². The zero-order valence-corrected chi connectivity index (χ0v) is 8.44. The van der Waals surface area contributed by atoms with Crippen LogP contribution in [0.4, 0.5) is 22.0 Å². The molecule has 0 aliphatic heterocycles. The molecule has 0 aromatic carbocycles. The van der Waals surface area contributed by atoms with Gasteiger partial charge in [0.15, 0.2) is 0 Å². The monoisotopic (exact) mass is 243 g/mol. The van der Waals surface area contributed by atoms with Crippen LogP contribution in [0.15, 0.2) is 0 Å². The molecule has 16 heavy (non-hydrogen) atoms. The summed E-state index contributed by atoms with van der Waals surface area (Å²) in [5.74, 6) is -5.83. The number of hydrogen-bond acceptors (Lipinski definition) is 1. The van der Waals surface area contributed by atoms with Crippen LogP contribution in [0.3, 0.4) is 0 Å². The molecule has 0 aliphatic rings. The maximum Gasteiger partial charge on any atom is 0.463 e. The molecule has 0 saturated carbocycles. The van der Waals surface area contributed by atoms with Gasteiger partial charge in [-0.3, -0.25) is 4.79 Å². The molecular formula is C9H10F5NO. The summed E-state index contributed by atoms with van der Waals surface area (Å²) in [7, 11) is 0. The van der Waals surface area contributed by atoms with Gasteiger partial charge in [0.1, 0.15) is 0 Å². The molecule has 0 bridgehead atoms. The lowest BCUT2D eigenvalue weighted by Gasteiger charge is -2.26. The molecule has 1 amide bonds. The predicted octanol–water partition coefficient (Wildman–Crippen LogP) is 2.06. The Morgan fingerprint density at radius 2 is 1.81 bits per heavy atom. The molecule has 92 valence electrons. The number of terminal acetylenes is 1. The lowest BCUT2D eigenvalue weighted by molar-refractivity contribution is -0.274. The van der Waals surface area contributed by atoms with Crippen LogP contribution in [0.5, 0.6) is 0 Å². The average Bonchev–Trinajstić information content (AvgIpc) is 2.14. The summed E-state index contributed by atoms with van der Waals surface area (Å²) in [5.41, 5.74) is 0. The number of carbonyl (C=O) groups excluding carboxylic acids is 1. The fourth-order valence-electron chi connectivity index (χ4n) is 0.952. The number of nitrogens with zero attached hydrogens (tertiary/aromatic N) is 1. The minimum absolute atomic E-state index is 0.237. The summed E-state index contributed by atoms with van der Waals surface area (Å²) in [6, 6.07) is 0. The van der Waals surface area contributed by atoms with Gasteiger partial charge in [0, 0.05) is 6.54 Å². The number of hydrogen-bond donors (Lipinski definition) is 0. The van der Waals surface area contributed by atoms with E-state index in [0.29, 0.717) is 4.90 Å². The van der Waals surface area contributed by atoms with Crippen molar-refractivity contribution < 1.29 is 26.7 Å². The highest BCUT2D eigenvalue weighted by Crippen LogP contribution is 2.36. The van der Waals surface area contributed by atoms with E-state index >= 15 is 0 Å². The largest absolute Gasteiger partial charge is 0.463 e. The number of halogens is 5. The Morgan fingerprint density at radius 3 is 2.12 bits per heavy atom. The van der Waals surface area contributed by atoms with Crippen LogP contribution < -0.4 is 0 Å². The number of rotatable bonds is 4. The molecule has 0 saturated heterocycles. The van der Waals surface area contributed by atoms with Gasteiger partial charge in [0.2, 0.25) is 0 Å². The second-order valence-electron chi connectivity index (χ2n) is 3.00. The molecule has 7 heteroatoms. The first-order valence-electron chi connectivity index (χ1n) is 4.35. The lowest BCUT2D eigenvalue weighted by atomic mass is 10.2. The van der Waals surface area contributed by atoms with Crippen molar-refractivity contribution in [2.75, 3.05) is 13.1 Å². The molecule has 0 radical (unpaired) electrons. The van der Waals surface area contributed by atoms with Crippen molar-refractivity contribution in [1.29, 1.82) is 0 Å². The van der Waals surface area contributed by atoms with Crippen molar-refractivity contribution in [3.63, 3.8) is 0 Å². The minimum atomic E-state index is -5.90. The molecular weight excluding hydrogens is 233 g/mol. The van der Waals surface area contributed by atoms with E-state index in [0.717, 1.165) is 0 Å². The van der Waals surface area contributed by atoms with E-state index in [2.05, 4.69) is 0 Å². The normalized spacial score (nSPS) is 12.1. The SMILES string of the molecule is C#CCN(CCC)C(=O)C(F)(F)C(F)(F)F. The first-order valence-corrected chi connectivity index (χ1v) is 4.35. The quantitative estimate of drug-likeness (QED) is 0.546. The zero-order valence-electron chi connectivity index (χ0n) is 8.44. The maximum atomic E-state index is 12.6. The Bertz CT molecular complexity index is 291. The lowest BCUT2D eigenvalue weighted by Crippen LogP contribution is -2.52. The van der Waals surface area contributed by atoms with Crippen molar-refractivity contribution in [3.8, 4) is 12.3 Å². The Hall–Kier alpha value is -1.32. The van der Waals surface area contributed by atoms with Crippen LogP contribution in [0.25, 0.3) is 0 Å². The van der Waals surface area contributed by atoms with E-state index in [-0.39, 0.29) is 13.0 Å². The van der Waals surface area contributed by atoms with E-state index < -0.39 is 24.6 Å². The van der Waals surface area contributed by atoms with E-state index in [1.807, 2.05) is 5.92 Å². The molecule has 0 fully saturated rings. The molecule has 0 heterocycles. The average molecular weight is 243 g/mol. The van der Waals surface area contributed by atoms with Gasteiger partial charge < -0.3 is 4.90 Å². The molecule has 0 N–H and O–H groups in total. The molecule has 0 atom stereocenters. The summed E-state index contributed by atoms with van der Waals surface area (Å²) in [6.45, 7) is 0.718. The first-order chi connectivity index (χ1) is 7.18. The Labute approximate surface area is 89.4 Å². The topological polar surface area (TPSA) is 20.3 Å². The number of carbonyl (C=O) groups is 1. The van der Waals surface area contributed by atoms with E-state index in [9.17, 15) is 26.7 Å². The molecule has 0 aromatic rings. The predicted molar refractivity (Wildman–Crippen MR) is 46.7 cm³/mol. The molecule has 0 unspecified atom stereocenters. The third-order valence-electron chi connectivity index (χ3n) is 1.69. The van der Waals surface area contributed by atoms with Crippen LogP contribution in [0.1, 0.15) is 13.3 Å². The van der Waals surface area contributed by atoms with Crippen molar-refractivity contribution in [2.45, 2.75) is 25.4 Å². The van der Waals surface area contributed by atoms with Crippen molar-refractivity contribution in [1.82, 2.24) is 4.90 Å².